The number of nitrogens with one attached hydrogen (secondary N) is 1. The van der Waals surface area contributed by atoms with Gasteiger partial charge in [-0.25, -0.2) is 4.98 Å². The predicted molar refractivity (Wildman–Crippen MR) is 80.0 cm³/mol. The fourth-order valence-corrected chi connectivity index (χ4v) is 2.30. The zero-order valence-corrected chi connectivity index (χ0v) is 13.4. The number of hydrogen-bond acceptors (Lipinski definition) is 4. The molecule has 3 rings (SSSR count). The summed E-state index contributed by atoms with van der Waals surface area (Å²) in [4.78, 5) is 30.5. The Balaban J connectivity index is 1.66. The molecule has 0 radical (unpaired) electrons. The van der Waals surface area contributed by atoms with Gasteiger partial charge in [0, 0.05) is 17.5 Å². The van der Waals surface area contributed by atoms with Crippen molar-refractivity contribution in [2.75, 3.05) is 0 Å². The number of rotatable bonds is 5. The van der Waals surface area contributed by atoms with Crippen molar-refractivity contribution in [3.8, 4) is 0 Å². The number of carbonyl (C=O) groups is 2. The topological polar surface area (TPSA) is 75.4 Å². The Kier molecular flexibility index (Phi) is 3.70. The van der Waals surface area contributed by atoms with Crippen LogP contribution in [0.2, 0.25) is 0 Å². The van der Waals surface area contributed by atoms with Gasteiger partial charge in [0.2, 0.25) is 11.8 Å². The van der Waals surface area contributed by atoms with Crippen LogP contribution in [0.4, 0.5) is 0 Å². The molecule has 22 heavy (non-hydrogen) atoms. The van der Waals surface area contributed by atoms with E-state index in [1.165, 1.54) is 6.26 Å². The minimum absolute atomic E-state index is 0.0946. The third kappa shape index (κ3) is 3.48. The number of aromatic nitrogens is 1. The SMILES string of the molecule is CC(C)(C)C(=O)N(Cc1nc(C(=O)NC2CC2)co1)C1CC1. The van der Waals surface area contributed by atoms with E-state index in [1.807, 2.05) is 25.7 Å². The second kappa shape index (κ2) is 5.41. The third-order valence-electron chi connectivity index (χ3n) is 3.89. The number of nitrogens with zero attached hydrogens (tertiary/aromatic N) is 2. The van der Waals surface area contributed by atoms with E-state index in [0.717, 1.165) is 25.7 Å². The lowest BCUT2D eigenvalue weighted by Gasteiger charge is -2.28. The standard InChI is InChI=1S/C16H23N3O3/c1-16(2,3)15(21)19(11-6-7-11)8-13-18-12(9-22-13)14(20)17-10-4-5-10/h9-11H,4-8H2,1-3H3,(H,17,20). The molecule has 0 spiro atoms. The summed E-state index contributed by atoms with van der Waals surface area (Å²) in [6.45, 7) is 6.07. The van der Waals surface area contributed by atoms with E-state index in [4.69, 9.17) is 4.42 Å². The molecule has 0 atom stereocenters. The Morgan fingerprint density at radius 3 is 2.55 bits per heavy atom. The molecule has 0 aliphatic heterocycles. The molecule has 120 valence electrons. The van der Waals surface area contributed by atoms with Crippen LogP contribution < -0.4 is 5.32 Å². The first-order valence-corrected chi connectivity index (χ1v) is 7.91. The highest BCUT2D eigenvalue weighted by atomic mass is 16.3. The molecule has 1 aromatic rings. The molecule has 0 saturated heterocycles. The number of oxazole rings is 1. The maximum Gasteiger partial charge on any atom is 0.273 e. The Hall–Kier alpha value is -1.85. The van der Waals surface area contributed by atoms with Crippen molar-refractivity contribution in [3.63, 3.8) is 0 Å². The Bertz CT molecular complexity index is 580. The van der Waals surface area contributed by atoms with Gasteiger partial charge in [-0.2, -0.15) is 0 Å². The van der Waals surface area contributed by atoms with Crippen molar-refractivity contribution >= 4 is 11.8 Å². The van der Waals surface area contributed by atoms with Gasteiger partial charge >= 0.3 is 0 Å². The fraction of sp³-hybridized carbons (Fsp3) is 0.688. The van der Waals surface area contributed by atoms with Gasteiger partial charge in [0.25, 0.3) is 5.91 Å². The van der Waals surface area contributed by atoms with E-state index in [1.54, 1.807) is 0 Å². The van der Waals surface area contributed by atoms with Crippen molar-refractivity contribution in [1.29, 1.82) is 0 Å². The Morgan fingerprint density at radius 1 is 1.32 bits per heavy atom. The number of hydrogen-bond donors (Lipinski definition) is 1. The molecule has 6 heteroatoms. The van der Waals surface area contributed by atoms with Crippen LogP contribution in [0, 0.1) is 5.41 Å². The third-order valence-corrected chi connectivity index (χ3v) is 3.89. The molecule has 6 nitrogen and oxygen atoms in total. The first-order chi connectivity index (χ1) is 10.3. The van der Waals surface area contributed by atoms with Crippen LogP contribution in [0.5, 0.6) is 0 Å². The second-order valence-corrected chi connectivity index (χ2v) is 7.29. The molecule has 2 aliphatic rings. The molecule has 2 amide bonds. The van der Waals surface area contributed by atoms with Crippen molar-refractivity contribution in [1.82, 2.24) is 15.2 Å². The summed E-state index contributed by atoms with van der Waals surface area (Å²) in [5.41, 5.74) is -0.137. The smallest absolute Gasteiger partial charge is 0.273 e. The minimum Gasteiger partial charge on any atom is -0.446 e. The monoisotopic (exact) mass is 305 g/mol. The van der Waals surface area contributed by atoms with Crippen molar-refractivity contribution in [2.24, 2.45) is 5.41 Å². The first kappa shape index (κ1) is 15.1. The molecule has 2 aliphatic carbocycles. The van der Waals surface area contributed by atoms with Crippen LogP contribution in [-0.2, 0) is 11.3 Å². The van der Waals surface area contributed by atoms with Gasteiger partial charge in [-0.05, 0) is 25.7 Å². The average molecular weight is 305 g/mol. The lowest BCUT2D eigenvalue weighted by molar-refractivity contribution is -0.141. The van der Waals surface area contributed by atoms with Gasteiger partial charge < -0.3 is 14.6 Å². The molecule has 0 aromatic carbocycles. The first-order valence-electron chi connectivity index (χ1n) is 7.91. The molecule has 2 fully saturated rings. The summed E-state index contributed by atoms with van der Waals surface area (Å²) in [7, 11) is 0. The normalized spacial score (nSPS) is 18.1. The minimum atomic E-state index is -0.429. The van der Waals surface area contributed by atoms with Gasteiger partial charge in [-0.15, -0.1) is 0 Å². The molecular formula is C16H23N3O3. The van der Waals surface area contributed by atoms with Gasteiger partial charge in [0.1, 0.15) is 6.26 Å². The van der Waals surface area contributed by atoms with Crippen molar-refractivity contribution < 1.29 is 14.0 Å². The molecule has 1 heterocycles. The van der Waals surface area contributed by atoms with E-state index < -0.39 is 5.41 Å². The molecule has 0 unspecified atom stereocenters. The van der Waals surface area contributed by atoms with Crippen LogP contribution in [0.25, 0.3) is 0 Å². The van der Waals surface area contributed by atoms with Gasteiger partial charge in [0.05, 0.1) is 6.54 Å². The van der Waals surface area contributed by atoms with E-state index >= 15 is 0 Å². The maximum atomic E-state index is 12.5. The highest BCUT2D eigenvalue weighted by Gasteiger charge is 2.38. The van der Waals surface area contributed by atoms with Crippen molar-refractivity contribution in [2.45, 2.75) is 65.1 Å². The summed E-state index contributed by atoms with van der Waals surface area (Å²) in [5, 5.41) is 2.88. The van der Waals surface area contributed by atoms with E-state index in [9.17, 15) is 9.59 Å². The van der Waals surface area contributed by atoms with Crippen LogP contribution in [0.3, 0.4) is 0 Å². The van der Waals surface area contributed by atoms with Gasteiger partial charge in [0.15, 0.2) is 5.69 Å². The molecule has 0 bridgehead atoms. The van der Waals surface area contributed by atoms with E-state index in [2.05, 4.69) is 10.3 Å². The lowest BCUT2D eigenvalue weighted by Crippen LogP contribution is -2.40. The highest BCUT2D eigenvalue weighted by molar-refractivity contribution is 5.92. The largest absolute Gasteiger partial charge is 0.446 e. The van der Waals surface area contributed by atoms with Crippen molar-refractivity contribution in [3.05, 3.63) is 17.8 Å². The Morgan fingerprint density at radius 2 is 2.00 bits per heavy atom. The quantitative estimate of drug-likeness (QED) is 0.904. The summed E-state index contributed by atoms with van der Waals surface area (Å²) in [6, 6.07) is 0.570. The zero-order chi connectivity index (χ0) is 15.9. The lowest BCUT2D eigenvalue weighted by atomic mass is 9.94. The maximum absolute atomic E-state index is 12.5. The van der Waals surface area contributed by atoms with E-state index in [0.29, 0.717) is 18.1 Å². The molecule has 2 saturated carbocycles. The van der Waals surface area contributed by atoms with Crippen LogP contribution in [0.15, 0.2) is 10.7 Å². The average Bonchev–Trinajstić information content (AvgIpc) is 3.35. The predicted octanol–water partition coefficient (Wildman–Crippen LogP) is 2.10. The van der Waals surface area contributed by atoms with Gasteiger partial charge in [-0.3, -0.25) is 9.59 Å². The van der Waals surface area contributed by atoms with E-state index in [-0.39, 0.29) is 23.9 Å². The number of carbonyl (C=O) groups excluding carboxylic acids is 2. The summed E-state index contributed by atoms with van der Waals surface area (Å²) < 4.78 is 5.39. The van der Waals surface area contributed by atoms with Crippen LogP contribution in [-0.4, -0.2) is 33.8 Å². The van der Waals surface area contributed by atoms with Crippen LogP contribution in [0.1, 0.15) is 62.8 Å². The molecule has 1 aromatic heterocycles. The summed E-state index contributed by atoms with van der Waals surface area (Å²) in [6.07, 6.45) is 5.49. The summed E-state index contributed by atoms with van der Waals surface area (Å²) >= 11 is 0. The molecular weight excluding hydrogens is 282 g/mol. The van der Waals surface area contributed by atoms with Crippen LogP contribution >= 0.6 is 0 Å². The number of amides is 2. The Labute approximate surface area is 130 Å². The zero-order valence-electron chi connectivity index (χ0n) is 13.4. The van der Waals surface area contributed by atoms with Gasteiger partial charge in [-0.1, -0.05) is 20.8 Å². The summed E-state index contributed by atoms with van der Waals surface area (Å²) in [5.74, 6) is 0.320. The molecule has 1 N–H and O–H groups in total. The fourth-order valence-electron chi connectivity index (χ4n) is 2.30. The highest BCUT2D eigenvalue weighted by Crippen LogP contribution is 2.32. The second-order valence-electron chi connectivity index (χ2n) is 7.29.